The Hall–Kier alpha value is -2.46. The zero-order valence-electron chi connectivity index (χ0n) is 18.8. The monoisotopic (exact) mass is 465 g/mol. The Bertz CT molecular complexity index is 1010. The van der Waals surface area contributed by atoms with Crippen LogP contribution in [0.4, 0.5) is 19.0 Å². The lowest BCUT2D eigenvalue weighted by molar-refractivity contribution is -0.137. The average molecular weight is 466 g/mol. The minimum atomic E-state index is -4.50. The molecule has 1 amide bonds. The molecule has 0 unspecified atom stereocenters. The average Bonchev–Trinajstić information content (AvgIpc) is 2.71. The SMILES string of the molecule is CC(C)C1(O)CCC(N2CC(N(CC(N)=O)c3ncnc4ccc(C(F)(F)F)cc34)C2)CC1. The molecular weight excluding hydrogens is 435 g/mol. The van der Waals surface area contributed by atoms with Gasteiger partial charge in [0.05, 0.1) is 29.3 Å². The van der Waals surface area contributed by atoms with Crippen LogP contribution in [0.5, 0.6) is 0 Å². The van der Waals surface area contributed by atoms with Crippen LogP contribution in [0.1, 0.15) is 45.1 Å². The van der Waals surface area contributed by atoms with E-state index in [1.54, 1.807) is 4.90 Å². The van der Waals surface area contributed by atoms with Gasteiger partial charge in [-0.1, -0.05) is 13.8 Å². The van der Waals surface area contributed by atoms with Crippen LogP contribution >= 0.6 is 0 Å². The Morgan fingerprint density at radius 1 is 1.27 bits per heavy atom. The van der Waals surface area contributed by atoms with E-state index in [0.717, 1.165) is 37.8 Å². The fourth-order valence-electron chi connectivity index (χ4n) is 5.02. The number of hydrogen-bond donors (Lipinski definition) is 2. The first-order chi connectivity index (χ1) is 15.5. The standard InChI is InChI=1S/C23H30F3N5O2/c1-14(2)22(33)7-5-16(6-8-22)30-10-17(11-30)31(12-20(27)32)21-18-9-15(23(24,25)26)3-4-19(18)28-13-29-21/h3-4,9,13-14,16-17,33H,5-8,10-12H2,1-2H3,(H2,27,32). The summed E-state index contributed by atoms with van der Waals surface area (Å²) in [5.74, 6) is -0.0829. The number of rotatable bonds is 6. The number of likely N-dealkylation sites (tertiary alicyclic amines) is 1. The third-order valence-corrected chi connectivity index (χ3v) is 7.28. The molecule has 0 atom stereocenters. The number of alkyl halides is 3. The number of hydrogen-bond acceptors (Lipinski definition) is 6. The van der Waals surface area contributed by atoms with Crippen molar-refractivity contribution in [1.29, 1.82) is 0 Å². The van der Waals surface area contributed by atoms with Crippen LogP contribution in [0.3, 0.4) is 0 Å². The topological polar surface area (TPSA) is 95.6 Å². The molecule has 1 saturated heterocycles. The Kier molecular flexibility index (Phi) is 6.26. The van der Waals surface area contributed by atoms with Crippen molar-refractivity contribution in [3.05, 3.63) is 30.1 Å². The molecule has 0 radical (unpaired) electrons. The van der Waals surface area contributed by atoms with Crippen molar-refractivity contribution in [3.63, 3.8) is 0 Å². The summed E-state index contributed by atoms with van der Waals surface area (Å²) in [6, 6.07) is 3.58. The van der Waals surface area contributed by atoms with Gasteiger partial charge in [-0.2, -0.15) is 13.2 Å². The van der Waals surface area contributed by atoms with E-state index in [1.165, 1.54) is 12.4 Å². The molecule has 1 aliphatic carbocycles. The molecule has 7 nitrogen and oxygen atoms in total. The Labute approximate surface area is 190 Å². The van der Waals surface area contributed by atoms with E-state index in [-0.39, 0.29) is 29.7 Å². The van der Waals surface area contributed by atoms with Crippen molar-refractivity contribution in [2.45, 2.75) is 63.4 Å². The summed E-state index contributed by atoms with van der Waals surface area (Å²) < 4.78 is 39.9. The number of nitrogens with zero attached hydrogens (tertiary/aromatic N) is 4. The lowest BCUT2D eigenvalue weighted by atomic mass is 9.74. The van der Waals surface area contributed by atoms with Crippen LogP contribution in [0.25, 0.3) is 10.9 Å². The third-order valence-electron chi connectivity index (χ3n) is 7.28. The van der Waals surface area contributed by atoms with Gasteiger partial charge < -0.3 is 15.7 Å². The highest BCUT2D eigenvalue weighted by molar-refractivity contribution is 5.92. The zero-order chi connectivity index (χ0) is 24.0. The van der Waals surface area contributed by atoms with Crippen LogP contribution in [0, 0.1) is 5.92 Å². The minimum absolute atomic E-state index is 0.101. The van der Waals surface area contributed by atoms with Gasteiger partial charge >= 0.3 is 6.18 Å². The first kappa shape index (κ1) is 23.7. The second-order valence-corrected chi connectivity index (χ2v) is 9.62. The zero-order valence-corrected chi connectivity index (χ0v) is 18.8. The lowest BCUT2D eigenvalue weighted by Gasteiger charge is -2.51. The molecule has 2 fully saturated rings. The molecule has 33 heavy (non-hydrogen) atoms. The van der Waals surface area contributed by atoms with Gasteiger partial charge in [-0.3, -0.25) is 9.69 Å². The molecule has 0 bridgehead atoms. The van der Waals surface area contributed by atoms with Gasteiger partial charge in [0, 0.05) is 24.5 Å². The molecule has 2 aliphatic rings. The summed E-state index contributed by atoms with van der Waals surface area (Å²) in [7, 11) is 0. The molecule has 10 heteroatoms. The summed E-state index contributed by atoms with van der Waals surface area (Å²) in [6.45, 7) is 5.25. The molecule has 1 aromatic carbocycles. The van der Waals surface area contributed by atoms with E-state index in [9.17, 15) is 23.1 Å². The largest absolute Gasteiger partial charge is 0.416 e. The Morgan fingerprint density at radius 2 is 1.94 bits per heavy atom. The number of benzene rings is 1. The molecule has 1 aliphatic heterocycles. The number of anilines is 1. The van der Waals surface area contributed by atoms with Gasteiger partial charge in [0.15, 0.2) is 0 Å². The predicted molar refractivity (Wildman–Crippen MR) is 118 cm³/mol. The molecule has 0 spiro atoms. The van der Waals surface area contributed by atoms with Crippen LogP contribution < -0.4 is 10.6 Å². The summed E-state index contributed by atoms with van der Waals surface area (Å²) in [5.41, 5.74) is 4.45. The van der Waals surface area contributed by atoms with Crippen molar-refractivity contribution >= 4 is 22.6 Å². The van der Waals surface area contributed by atoms with E-state index in [4.69, 9.17) is 5.73 Å². The van der Waals surface area contributed by atoms with Gasteiger partial charge in [-0.05, 0) is 49.8 Å². The van der Waals surface area contributed by atoms with Crippen molar-refractivity contribution in [3.8, 4) is 0 Å². The van der Waals surface area contributed by atoms with E-state index in [0.29, 0.717) is 24.6 Å². The highest BCUT2D eigenvalue weighted by atomic mass is 19.4. The van der Waals surface area contributed by atoms with Crippen LogP contribution in [0.15, 0.2) is 24.5 Å². The van der Waals surface area contributed by atoms with Crippen molar-refractivity contribution in [1.82, 2.24) is 14.9 Å². The number of halogens is 3. The number of fused-ring (bicyclic) bond motifs is 1. The number of amides is 1. The second kappa shape index (κ2) is 8.72. The van der Waals surface area contributed by atoms with Crippen molar-refractivity contribution in [2.75, 3.05) is 24.5 Å². The van der Waals surface area contributed by atoms with Gasteiger partial charge in [0.1, 0.15) is 12.1 Å². The summed E-state index contributed by atoms with van der Waals surface area (Å²) >= 11 is 0. The Balaban J connectivity index is 1.54. The molecule has 3 N–H and O–H groups in total. The molecular formula is C23H30F3N5O2. The van der Waals surface area contributed by atoms with Gasteiger partial charge in [-0.25, -0.2) is 9.97 Å². The summed E-state index contributed by atoms with van der Waals surface area (Å²) in [5, 5.41) is 11.0. The number of aliphatic hydroxyl groups is 1. The normalized spacial score (nSPS) is 24.8. The lowest BCUT2D eigenvalue weighted by Crippen LogP contribution is -2.64. The maximum atomic E-state index is 13.3. The summed E-state index contributed by atoms with van der Waals surface area (Å²) in [6.07, 6.45) is 0.0763. The van der Waals surface area contributed by atoms with Crippen LogP contribution in [0.2, 0.25) is 0 Å². The molecule has 2 heterocycles. The number of aromatic nitrogens is 2. The highest BCUT2D eigenvalue weighted by Gasteiger charge is 2.42. The fraction of sp³-hybridized carbons (Fsp3) is 0.609. The third kappa shape index (κ3) is 4.77. The first-order valence-corrected chi connectivity index (χ1v) is 11.3. The maximum absolute atomic E-state index is 13.3. The van der Waals surface area contributed by atoms with Crippen molar-refractivity contribution < 1.29 is 23.1 Å². The van der Waals surface area contributed by atoms with Crippen LogP contribution in [-0.2, 0) is 11.0 Å². The number of primary amides is 1. The molecule has 180 valence electrons. The van der Waals surface area contributed by atoms with Gasteiger partial charge in [0.25, 0.3) is 0 Å². The summed E-state index contributed by atoms with van der Waals surface area (Å²) in [4.78, 5) is 24.2. The Morgan fingerprint density at radius 3 is 2.52 bits per heavy atom. The fourth-order valence-corrected chi connectivity index (χ4v) is 5.02. The second-order valence-electron chi connectivity index (χ2n) is 9.62. The quantitative estimate of drug-likeness (QED) is 0.681. The van der Waals surface area contributed by atoms with E-state index >= 15 is 0 Å². The number of carbonyl (C=O) groups is 1. The van der Waals surface area contributed by atoms with Gasteiger partial charge in [0.2, 0.25) is 5.91 Å². The minimum Gasteiger partial charge on any atom is -0.390 e. The van der Waals surface area contributed by atoms with E-state index in [2.05, 4.69) is 14.9 Å². The first-order valence-electron chi connectivity index (χ1n) is 11.3. The molecule has 4 rings (SSSR count). The number of carbonyl (C=O) groups excluding carboxylic acids is 1. The molecule has 1 aromatic heterocycles. The number of nitrogens with two attached hydrogens (primary N) is 1. The highest BCUT2D eigenvalue weighted by Crippen LogP contribution is 2.39. The predicted octanol–water partition coefficient (Wildman–Crippen LogP) is 2.95. The maximum Gasteiger partial charge on any atom is 0.416 e. The van der Waals surface area contributed by atoms with E-state index in [1.807, 2.05) is 13.8 Å². The molecule has 1 saturated carbocycles. The van der Waals surface area contributed by atoms with Gasteiger partial charge in [-0.15, -0.1) is 0 Å². The smallest absolute Gasteiger partial charge is 0.390 e. The van der Waals surface area contributed by atoms with Crippen molar-refractivity contribution in [2.24, 2.45) is 11.7 Å². The van der Waals surface area contributed by atoms with Crippen LogP contribution in [-0.4, -0.2) is 63.2 Å². The van der Waals surface area contributed by atoms with E-state index < -0.39 is 23.2 Å². The molecule has 2 aromatic rings.